The lowest BCUT2D eigenvalue weighted by Gasteiger charge is -2.01. The molecule has 7 heteroatoms. The maximum Gasteiger partial charge on any atom is 0.194 e. The molecule has 0 saturated heterocycles. The molecule has 0 spiro atoms. The van der Waals surface area contributed by atoms with Gasteiger partial charge in [-0.25, -0.2) is 18.2 Å². The number of benzene rings is 2. The van der Waals surface area contributed by atoms with Crippen LogP contribution >= 0.6 is 11.3 Å². The van der Waals surface area contributed by atoms with Crippen LogP contribution in [0.1, 0.15) is 16.1 Å². The van der Waals surface area contributed by atoms with Crippen LogP contribution in [0.25, 0.3) is 22.3 Å². The Morgan fingerprint density at radius 2 is 1.70 bits per heavy atom. The molecule has 4 rings (SSSR count). The van der Waals surface area contributed by atoms with Crippen molar-refractivity contribution in [3.63, 3.8) is 0 Å². The van der Waals surface area contributed by atoms with E-state index in [1.165, 1.54) is 35.6 Å². The van der Waals surface area contributed by atoms with Crippen LogP contribution in [-0.4, -0.2) is 15.2 Å². The summed E-state index contributed by atoms with van der Waals surface area (Å²) in [5.74, 6) is -2.53. The first-order chi connectivity index (χ1) is 13.0. The summed E-state index contributed by atoms with van der Waals surface area (Å²) in [6, 6.07) is 8.53. The number of aromatic nitrogens is 2. The van der Waals surface area contributed by atoms with E-state index in [0.29, 0.717) is 28.0 Å². The molecule has 27 heavy (non-hydrogen) atoms. The van der Waals surface area contributed by atoms with Gasteiger partial charge in [0.2, 0.25) is 0 Å². The van der Waals surface area contributed by atoms with E-state index in [1.807, 2.05) is 5.38 Å². The van der Waals surface area contributed by atoms with Gasteiger partial charge < -0.3 is 0 Å². The van der Waals surface area contributed by atoms with Gasteiger partial charge in [-0.05, 0) is 48.6 Å². The molecule has 0 atom stereocenters. The van der Waals surface area contributed by atoms with Crippen LogP contribution in [0.2, 0.25) is 0 Å². The molecule has 0 aliphatic rings. The number of carbonyl (C=O) groups excluding carboxylic acids is 1. The number of nitrogens with zero attached hydrogens (tertiary/aromatic N) is 2. The van der Waals surface area contributed by atoms with Crippen LogP contribution in [-0.2, 0) is 0 Å². The van der Waals surface area contributed by atoms with Gasteiger partial charge in [-0.3, -0.25) is 9.20 Å². The molecule has 2 heterocycles. The molecule has 0 fully saturated rings. The zero-order chi connectivity index (χ0) is 19.0. The van der Waals surface area contributed by atoms with E-state index in [2.05, 4.69) is 4.98 Å². The molecule has 0 saturated carbocycles. The van der Waals surface area contributed by atoms with Gasteiger partial charge in [0, 0.05) is 28.8 Å². The summed E-state index contributed by atoms with van der Waals surface area (Å²) in [6.45, 7) is 0. The van der Waals surface area contributed by atoms with E-state index in [0.717, 1.165) is 12.1 Å². The predicted octanol–water partition coefficient (Wildman–Crippen LogP) is 5.38. The molecule has 0 aliphatic carbocycles. The summed E-state index contributed by atoms with van der Waals surface area (Å²) in [5.41, 5.74) is 1.80. The highest BCUT2D eigenvalue weighted by atomic mass is 32.1. The molecule has 0 unspecified atom stereocenters. The first-order valence-corrected chi connectivity index (χ1v) is 8.79. The van der Waals surface area contributed by atoms with Crippen LogP contribution in [0.4, 0.5) is 13.2 Å². The number of halogens is 3. The van der Waals surface area contributed by atoms with Crippen molar-refractivity contribution >= 4 is 28.2 Å². The summed E-state index contributed by atoms with van der Waals surface area (Å²) in [6.07, 6.45) is 4.57. The molecule has 134 valence electrons. The van der Waals surface area contributed by atoms with E-state index >= 15 is 0 Å². The molecular formula is C20H11F3N2OS. The Morgan fingerprint density at radius 1 is 1.00 bits per heavy atom. The number of hydrogen-bond acceptors (Lipinski definition) is 3. The van der Waals surface area contributed by atoms with Crippen molar-refractivity contribution < 1.29 is 18.0 Å². The summed E-state index contributed by atoms with van der Waals surface area (Å²) >= 11 is 1.41. The van der Waals surface area contributed by atoms with Gasteiger partial charge in [-0.2, -0.15) is 0 Å². The third kappa shape index (κ3) is 3.41. The van der Waals surface area contributed by atoms with Gasteiger partial charge in [0.15, 0.2) is 10.7 Å². The van der Waals surface area contributed by atoms with Gasteiger partial charge in [0.25, 0.3) is 0 Å². The van der Waals surface area contributed by atoms with E-state index < -0.39 is 17.4 Å². The topological polar surface area (TPSA) is 34.4 Å². The van der Waals surface area contributed by atoms with Crippen LogP contribution in [0.3, 0.4) is 0 Å². The second kappa shape index (κ2) is 6.85. The van der Waals surface area contributed by atoms with Crippen LogP contribution in [0, 0.1) is 17.5 Å². The molecule has 0 amide bonds. The Labute approximate surface area is 156 Å². The second-order valence-corrected chi connectivity index (χ2v) is 6.64. The van der Waals surface area contributed by atoms with Crippen molar-refractivity contribution in [1.29, 1.82) is 0 Å². The minimum atomic E-state index is -0.816. The zero-order valence-corrected chi connectivity index (χ0v) is 14.5. The second-order valence-electron chi connectivity index (χ2n) is 5.76. The summed E-state index contributed by atoms with van der Waals surface area (Å²) in [5, 5.41) is 1.85. The minimum Gasteiger partial charge on any atom is -0.290 e. The summed E-state index contributed by atoms with van der Waals surface area (Å²) in [7, 11) is 0. The standard InChI is InChI=1S/C20H11F3N2OS/c21-14-3-1-12(2-4-14)19-17(25-7-8-27-20(25)24-19)5-6-18(26)13-9-15(22)11-16(23)10-13/h1-11H. The molecule has 2 aromatic heterocycles. The lowest BCUT2D eigenvalue weighted by molar-refractivity contribution is 0.104. The first kappa shape index (κ1) is 17.2. The number of thiazole rings is 1. The molecule has 0 N–H and O–H groups in total. The van der Waals surface area contributed by atoms with Gasteiger partial charge >= 0.3 is 0 Å². The fourth-order valence-electron chi connectivity index (χ4n) is 2.73. The van der Waals surface area contributed by atoms with Crippen molar-refractivity contribution in [2.24, 2.45) is 0 Å². The number of ketones is 1. The molecule has 0 bridgehead atoms. The quantitative estimate of drug-likeness (QED) is 0.350. The molecular weight excluding hydrogens is 373 g/mol. The highest BCUT2D eigenvalue weighted by Gasteiger charge is 2.14. The van der Waals surface area contributed by atoms with Gasteiger partial charge in [0.05, 0.1) is 11.4 Å². The third-order valence-corrected chi connectivity index (χ3v) is 4.71. The number of fused-ring (bicyclic) bond motifs is 1. The largest absolute Gasteiger partial charge is 0.290 e. The Bertz CT molecular complexity index is 1160. The Morgan fingerprint density at radius 3 is 2.41 bits per heavy atom. The van der Waals surface area contributed by atoms with Crippen LogP contribution in [0.5, 0.6) is 0 Å². The van der Waals surface area contributed by atoms with Crippen LogP contribution in [0.15, 0.2) is 60.1 Å². The maximum absolute atomic E-state index is 13.3. The third-order valence-electron chi connectivity index (χ3n) is 3.96. The molecule has 0 aliphatic heterocycles. The summed E-state index contributed by atoms with van der Waals surface area (Å²) < 4.78 is 41.7. The van der Waals surface area contributed by atoms with E-state index in [9.17, 15) is 18.0 Å². The Hall–Kier alpha value is -3.19. The van der Waals surface area contributed by atoms with Gasteiger partial charge in [0.1, 0.15) is 17.5 Å². The average molecular weight is 384 g/mol. The lowest BCUT2D eigenvalue weighted by Crippen LogP contribution is -1.97. The zero-order valence-electron chi connectivity index (χ0n) is 13.7. The molecule has 0 radical (unpaired) electrons. The maximum atomic E-state index is 13.3. The van der Waals surface area contributed by atoms with Crippen LogP contribution < -0.4 is 0 Å². The highest BCUT2D eigenvalue weighted by Crippen LogP contribution is 2.28. The number of rotatable bonds is 4. The number of carbonyl (C=O) groups is 1. The predicted molar refractivity (Wildman–Crippen MR) is 98.2 cm³/mol. The molecule has 2 aromatic carbocycles. The fraction of sp³-hybridized carbons (Fsp3) is 0. The van der Waals surface area contributed by atoms with E-state index in [4.69, 9.17) is 0 Å². The molecule has 4 aromatic rings. The SMILES string of the molecule is O=C(C=Cc1c(-c2ccc(F)cc2)nc2sccn12)c1cc(F)cc(F)c1. The first-order valence-electron chi connectivity index (χ1n) is 7.91. The smallest absolute Gasteiger partial charge is 0.194 e. The van der Waals surface area contributed by atoms with Gasteiger partial charge in [-0.1, -0.05) is 0 Å². The average Bonchev–Trinajstić information content (AvgIpc) is 3.21. The minimum absolute atomic E-state index is 0.0850. The van der Waals surface area contributed by atoms with Crippen molar-refractivity contribution in [3.8, 4) is 11.3 Å². The van der Waals surface area contributed by atoms with Gasteiger partial charge in [-0.15, -0.1) is 11.3 Å². The highest BCUT2D eigenvalue weighted by molar-refractivity contribution is 7.15. The van der Waals surface area contributed by atoms with E-state index in [1.54, 1.807) is 22.7 Å². The lowest BCUT2D eigenvalue weighted by atomic mass is 10.1. The van der Waals surface area contributed by atoms with Crippen molar-refractivity contribution in [2.75, 3.05) is 0 Å². The van der Waals surface area contributed by atoms with Crippen molar-refractivity contribution in [2.45, 2.75) is 0 Å². The van der Waals surface area contributed by atoms with Crippen molar-refractivity contribution in [3.05, 3.63) is 88.8 Å². The summed E-state index contributed by atoms with van der Waals surface area (Å²) in [4.78, 5) is 17.5. The number of allylic oxidation sites excluding steroid dienone is 1. The Kier molecular flexibility index (Phi) is 4.37. The monoisotopic (exact) mass is 384 g/mol. The van der Waals surface area contributed by atoms with Crippen molar-refractivity contribution in [1.82, 2.24) is 9.38 Å². The fourth-order valence-corrected chi connectivity index (χ4v) is 3.45. The number of hydrogen-bond donors (Lipinski definition) is 0. The Balaban J connectivity index is 1.75. The van der Waals surface area contributed by atoms with E-state index in [-0.39, 0.29) is 11.4 Å². The normalized spacial score (nSPS) is 11.5. The molecule has 3 nitrogen and oxygen atoms in total. The number of imidazole rings is 1.